The first-order valence-electron chi connectivity index (χ1n) is 16.0. The van der Waals surface area contributed by atoms with E-state index in [4.69, 9.17) is 0 Å². The summed E-state index contributed by atoms with van der Waals surface area (Å²) in [6, 6.07) is 9.19. The van der Waals surface area contributed by atoms with Crippen LogP contribution < -0.4 is 5.30 Å². The molecule has 3 aromatic rings. The van der Waals surface area contributed by atoms with Crippen LogP contribution in [0.5, 0.6) is 0 Å². The number of fused-ring (bicyclic) bond motifs is 1. The van der Waals surface area contributed by atoms with Crippen molar-refractivity contribution in [3.05, 3.63) is 70.7 Å². The van der Waals surface area contributed by atoms with E-state index in [2.05, 4.69) is 34.9 Å². The van der Waals surface area contributed by atoms with Crippen molar-refractivity contribution in [2.75, 3.05) is 26.2 Å². The number of aromatic nitrogens is 1. The van der Waals surface area contributed by atoms with Gasteiger partial charge in [0.1, 0.15) is 12.1 Å². The Morgan fingerprint density at radius 3 is 2.30 bits per heavy atom. The number of piperidine rings is 2. The standard InChI is InChI=1S/C31H36F2N3O2P.C5H12/c1-20-4-3-5-25-26(18-36(33)31(20)25)23-8-12-34(13-9-23)27(19-37)24-10-14-35(15-11-24)29(38)7-6-22-16-21(2)30(32)28(39)17-22;1-4-5(2)3/h3-7,16-19,23-24,27H,8-15,39H2,1-2H3;5H,4H2,1-3H3/b7-6+;. The summed E-state index contributed by atoms with van der Waals surface area (Å²) in [6.07, 6.45) is 10.6. The number of nitrogens with zero attached hydrogens (tertiary/aromatic N) is 3. The average molecular weight is 624 g/mol. The minimum Gasteiger partial charge on any atom is -0.339 e. The minimum atomic E-state index is -0.248. The maximum Gasteiger partial charge on any atom is 0.246 e. The number of amides is 1. The van der Waals surface area contributed by atoms with Gasteiger partial charge < -0.3 is 9.69 Å². The van der Waals surface area contributed by atoms with Crippen LogP contribution in [0.1, 0.15) is 81.0 Å². The summed E-state index contributed by atoms with van der Waals surface area (Å²) in [5.41, 5.74) is 3.97. The first-order chi connectivity index (χ1) is 21.0. The van der Waals surface area contributed by atoms with Crippen LogP contribution in [0.15, 0.2) is 42.6 Å². The van der Waals surface area contributed by atoms with Crippen LogP contribution in [-0.2, 0) is 9.59 Å². The van der Waals surface area contributed by atoms with E-state index < -0.39 is 0 Å². The predicted molar refractivity (Wildman–Crippen MR) is 181 cm³/mol. The van der Waals surface area contributed by atoms with E-state index >= 15 is 0 Å². The fourth-order valence-electron chi connectivity index (χ4n) is 6.42. The molecule has 3 heterocycles. The number of benzene rings is 2. The predicted octanol–water partition coefficient (Wildman–Crippen LogP) is 7.38. The third-order valence-corrected chi connectivity index (χ3v) is 9.84. The van der Waals surface area contributed by atoms with E-state index in [9.17, 15) is 18.5 Å². The van der Waals surface area contributed by atoms with Gasteiger partial charge in [-0.1, -0.05) is 49.9 Å². The van der Waals surface area contributed by atoms with Crippen LogP contribution in [-0.4, -0.2) is 59.0 Å². The van der Waals surface area contributed by atoms with Gasteiger partial charge >= 0.3 is 0 Å². The fraction of sp³-hybridized carbons (Fsp3) is 0.500. The highest BCUT2D eigenvalue weighted by molar-refractivity contribution is 7.27. The maximum absolute atomic E-state index is 14.6. The van der Waals surface area contributed by atoms with Crippen LogP contribution in [0.3, 0.4) is 0 Å². The highest BCUT2D eigenvalue weighted by Gasteiger charge is 2.34. The van der Waals surface area contributed by atoms with Crippen molar-refractivity contribution in [2.24, 2.45) is 11.8 Å². The summed E-state index contributed by atoms with van der Waals surface area (Å²) in [6.45, 7) is 13.1. The van der Waals surface area contributed by atoms with Crippen molar-refractivity contribution in [1.82, 2.24) is 14.6 Å². The molecular formula is C36H48F2N3O2P. The zero-order valence-corrected chi connectivity index (χ0v) is 28.0. The Hall–Kier alpha value is -2.89. The van der Waals surface area contributed by atoms with Gasteiger partial charge in [-0.05, 0) is 111 Å². The molecule has 44 heavy (non-hydrogen) atoms. The molecule has 0 bridgehead atoms. The van der Waals surface area contributed by atoms with E-state index in [0.29, 0.717) is 29.5 Å². The lowest BCUT2D eigenvalue weighted by Crippen LogP contribution is -2.49. The number of likely N-dealkylation sites (tertiary alicyclic amines) is 2. The van der Waals surface area contributed by atoms with Gasteiger partial charge in [0.2, 0.25) is 5.91 Å². The minimum absolute atomic E-state index is 0.0635. The number of aryl methyl sites for hydroxylation is 2. The lowest BCUT2D eigenvalue weighted by molar-refractivity contribution is -0.128. The molecule has 5 nitrogen and oxygen atoms in total. The topological polar surface area (TPSA) is 45.6 Å². The molecule has 0 saturated carbocycles. The molecule has 8 heteroatoms. The molecule has 0 N–H and O–H groups in total. The molecule has 0 spiro atoms. The van der Waals surface area contributed by atoms with Gasteiger partial charge in [-0.15, -0.1) is 9.24 Å². The Labute approximate surface area is 263 Å². The zero-order valence-electron chi connectivity index (χ0n) is 26.9. The van der Waals surface area contributed by atoms with E-state index in [1.165, 1.54) is 6.42 Å². The van der Waals surface area contributed by atoms with Gasteiger partial charge in [-0.3, -0.25) is 9.69 Å². The highest BCUT2D eigenvalue weighted by atomic mass is 31.0. The molecule has 2 fully saturated rings. The Balaban J connectivity index is 0.000000818. The van der Waals surface area contributed by atoms with Gasteiger partial charge in [-0.25, -0.2) is 4.39 Å². The van der Waals surface area contributed by atoms with Crippen molar-refractivity contribution in [1.29, 1.82) is 0 Å². The Morgan fingerprint density at radius 2 is 1.70 bits per heavy atom. The SMILES string of the molecule is CCC(C)C.Cc1cc(/C=C/C(=O)N2CCC(C(C=O)N3CCC(c4cn(F)c5c(C)cccc45)CC3)CC2)cc(P)c1F. The summed E-state index contributed by atoms with van der Waals surface area (Å²) in [7, 11) is 2.39. The van der Waals surface area contributed by atoms with Crippen LogP contribution in [0.25, 0.3) is 17.0 Å². The average Bonchev–Trinajstić information content (AvgIpc) is 3.37. The van der Waals surface area contributed by atoms with Crippen LogP contribution in [0.4, 0.5) is 8.87 Å². The number of para-hydroxylation sites is 1. The number of hydrogen-bond donors (Lipinski definition) is 0. The van der Waals surface area contributed by atoms with Crippen LogP contribution in [0.2, 0.25) is 0 Å². The first kappa shape index (κ1) is 34.0. The molecule has 1 amide bonds. The maximum atomic E-state index is 14.6. The second-order valence-corrected chi connectivity index (χ2v) is 13.5. The number of halogens is 2. The number of hydrogen-bond acceptors (Lipinski definition) is 3. The molecule has 2 aromatic carbocycles. The normalized spacial score (nSPS) is 17.7. The van der Waals surface area contributed by atoms with Gasteiger partial charge in [0.05, 0.1) is 11.6 Å². The molecule has 2 aliphatic rings. The van der Waals surface area contributed by atoms with Gasteiger partial charge in [-0.2, -0.15) is 4.79 Å². The number of carbonyl (C=O) groups excluding carboxylic acids is 2. The zero-order chi connectivity index (χ0) is 32.0. The van der Waals surface area contributed by atoms with Crippen molar-refractivity contribution >= 4 is 43.7 Å². The fourth-order valence-corrected chi connectivity index (χ4v) is 6.84. The molecule has 5 rings (SSSR count). The van der Waals surface area contributed by atoms with Crippen molar-refractivity contribution in [2.45, 2.75) is 78.7 Å². The van der Waals surface area contributed by atoms with E-state index in [1.54, 1.807) is 37.4 Å². The number of rotatable bonds is 7. The summed E-state index contributed by atoms with van der Waals surface area (Å²) < 4.78 is 28.5. The number of aldehydes is 1. The van der Waals surface area contributed by atoms with Gasteiger partial charge in [0.25, 0.3) is 0 Å². The van der Waals surface area contributed by atoms with Crippen LogP contribution >= 0.6 is 9.24 Å². The first-order valence-corrected chi connectivity index (χ1v) is 16.6. The largest absolute Gasteiger partial charge is 0.339 e. The Kier molecular flexibility index (Phi) is 11.9. The summed E-state index contributed by atoms with van der Waals surface area (Å²) >= 11 is 0. The summed E-state index contributed by atoms with van der Waals surface area (Å²) in [5, 5.41) is 1.47. The number of carbonyl (C=O) groups is 2. The monoisotopic (exact) mass is 623 g/mol. The summed E-state index contributed by atoms with van der Waals surface area (Å²) in [4.78, 5) is 29.9. The molecular weight excluding hydrogens is 575 g/mol. The second kappa shape index (κ2) is 15.4. The molecule has 0 aliphatic carbocycles. The van der Waals surface area contributed by atoms with Crippen molar-refractivity contribution in [3.63, 3.8) is 0 Å². The second-order valence-electron chi connectivity index (χ2n) is 12.8. The molecule has 2 atom stereocenters. The molecule has 1 aromatic heterocycles. The molecule has 0 radical (unpaired) electrons. The van der Waals surface area contributed by atoms with Gasteiger partial charge in [0, 0.05) is 36.1 Å². The molecule has 238 valence electrons. The lowest BCUT2D eigenvalue weighted by atomic mass is 9.85. The molecule has 2 unspecified atom stereocenters. The Bertz CT molecular complexity index is 1440. The quantitative estimate of drug-likeness (QED) is 0.157. The smallest absolute Gasteiger partial charge is 0.246 e. The molecule has 2 aliphatic heterocycles. The van der Waals surface area contributed by atoms with E-state index in [1.807, 2.05) is 30.0 Å². The van der Waals surface area contributed by atoms with Crippen molar-refractivity contribution in [3.8, 4) is 0 Å². The lowest BCUT2D eigenvalue weighted by Gasteiger charge is -2.41. The molecule has 2 saturated heterocycles. The third kappa shape index (κ3) is 8.03. The third-order valence-electron chi connectivity index (χ3n) is 9.42. The van der Waals surface area contributed by atoms with E-state index in [0.717, 1.165) is 77.8 Å². The Morgan fingerprint density at radius 1 is 1.05 bits per heavy atom. The van der Waals surface area contributed by atoms with Gasteiger partial charge in [0.15, 0.2) is 0 Å². The van der Waals surface area contributed by atoms with E-state index in [-0.39, 0.29) is 29.6 Å². The summed E-state index contributed by atoms with van der Waals surface area (Å²) in [5.74, 6) is 1.05. The van der Waals surface area contributed by atoms with Crippen molar-refractivity contribution < 1.29 is 18.5 Å². The highest BCUT2D eigenvalue weighted by Crippen LogP contribution is 2.37. The van der Waals surface area contributed by atoms with Crippen LogP contribution in [0, 0.1) is 31.5 Å².